The first-order valence-corrected chi connectivity index (χ1v) is 6.23. The topological polar surface area (TPSA) is 29.3 Å². The highest BCUT2D eigenvalue weighted by atomic mass is 15.1. The maximum atomic E-state index is 5.67. The van der Waals surface area contributed by atoms with Crippen LogP contribution in [0.4, 0.5) is 0 Å². The normalized spacial score (nSPS) is 16.3. The van der Waals surface area contributed by atoms with Gasteiger partial charge in [-0.3, -0.25) is 0 Å². The van der Waals surface area contributed by atoms with Crippen LogP contribution in [0.25, 0.3) is 0 Å². The first kappa shape index (κ1) is 19.5. The van der Waals surface area contributed by atoms with Gasteiger partial charge in [-0.1, -0.05) is 41.5 Å². The zero-order valence-corrected chi connectivity index (χ0v) is 11.4. The van der Waals surface area contributed by atoms with E-state index in [-0.39, 0.29) is 0 Å². The molecule has 90 valence electrons. The quantitative estimate of drug-likeness (QED) is 0.657. The van der Waals surface area contributed by atoms with Gasteiger partial charge in [-0.25, -0.2) is 0 Å². The van der Waals surface area contributed by atoms with Crippen LogP contribution in [-0.2, 0) is 0 Å². The van der Waals surface area contributed by atoms with Crippen molar-refractivity contribution in [1.29, 1.82) is 0 Å². The maximum absolute atomic E-state index is 5.67. The zero-order chi connectivity index (χ0) is 12.0. The van der Waals surface area contributed by atoms with E-state index >= 15 is 0 Å². The van der Waals surface area contributed by atoms with Crippen LogP contribution in [0.15, 0.2) is 0 Å². The lowest BCUT2D eigenvalue weighted by molar-refractivity contribution is 0.256. The average molecular weight is 204 g/mol. The summed E-state index contributed by atoms with van der Waals surface area (Å²) in [4.78, 5) is 2.32. The third kappa shape index (κ3) is 14.4. The molecule has 0 atom stereocenters. The van der Waals surface area contributed by atoms with Crippen molar-refractivity contribution in [1.82, 2.24) is 4.90 Å². The molecule has 0 amide bonds. The fourth-order valence-electron chi connectivity index (χ4n) is 1.03. The van der Waals surface area contributed by atoms with E-state index in [0.717, 1.165) is 0 Å². The fourth-order valence-corrected chi connectivity index (χ4v) is 1.03. The van der Waals surface area contributed by atoms with E-state index in [9.17, 15) is 0 Å². The van der Waals surface area contributed by atoms with Crippen molar-refractivity contribution < 1.29 is 0 Å². The Morgan fingerprint density at radius 1 is 0.857 bits per heavy atom. The minimum atomic E-state index is 0.478. The Kier molecular flexibility index (Phi) is 26.0. The van der Waals surface area contributed by atoms with Gasteiger partial charge in [0, 0.05) is 6.04 Å². The van der Waals surface area contributed by atoms with Crippen LogP contribution in [0.2, 0.25) is 0 Å². The molecule has 2 heteroatoms. The summed E-state index contributed by atoms with van der Waals surface area (Å²) in [5.74, 6) is 0. The molecule has 1 aliphatic rings. The highest BCUT2D eigenvalue weighted by Gasteiger charge is 2.10. The number of likely N-dealkylation sites (tertiary alicyclic amines) is 1. The van der Waals surface area contributed by atoms with E-state index in [1.54, 1.807) is 0 Å². The monoisotopic (exact) mass is 204 g/mol. The Bertz CT molecular complexity index is 56.7. The molecular weight excluding hydrogens is 172 g/mol. The van der Waals surface area contributed by atoms with Crippen molar-refractivity contribution in [2.24, 2.45) is 5.73 Å². The summed E-state index contributed by atoms with van der Waals surface area (Å²) in [6, 6.07) is 0.478. The highest BCUT2D eigenvalue weighted by Crippen LogP contribution is 2.04. The lowest BCUT2D eigenvalue weighted by Crippen LogP contribution is -2.37. The molecule has 1 rings (SSSR count). The standard InChI is InChI=1S/C6H14N2.3C2H6/c1-8-4-2-6(7)3-5-8;3*1-2/h6H,2-5,7H2,1H3;3*1-2H3. The number of nitrogens with zero attached hydrogens (tertiary/aromatic N) is 1. The molecule has 0 radical (unpaired) electrons. The number of rotatable bonds is 0. The van der Waals surface area contributed by atoms with Crippen LogP contribution in [0.5, 0.6) is 0 Å². The Morgan fingerprint density at radius 2 is 1.14 bits per heavy atom. The summed E-state index contributed by atoms with van der Waals surface area (Å²) >= 11 is 0. The molecule has 0 spiro atoms. The summed E-state index contributed by atoms with van der Waals surface area (Å²) in [5, 5.41) is 0. The Hall–Kier alpha value is -0.0800. The molecular formula is C12H32N2. The molecule has 0 aromatic carbocycles. The summed E-state index contributed by atoms with van der Waals surface area (Å²) in [6.45, 7) is 14.4. The predicted octanol–water partition coefficient (Wildman–Crippen LogP) is 3.12. The van der Waals surface area contributed by atoms with Crippen LogP contribution in [0.1, 0.15) is 54.4 Å². The van der Waals surface area contributed by atoms with Crippen molar-refractivity contribution in [3.63, 3.8) is 0 Å². The summed E-state index contributed by atoms with van der Waals surface area (Å²) < 4.78 is 0. The van der Waals surface area contributed by atoms with Gasteiger partial charge in [0.1, 0.15) is 0 Å². The van der Waals surface area contributed by atoms with Crippen molar-refractivity contribution in [3.05, 3.63) is 0 Å². The zero-order valence-electron chi connectivity index (χ0n) is 11.4. The lowest BCUT2D eigenvalue weighted by atomic mass is 10.1. The molecule has 2 nitrogen and oxygen atoms in total. The Balaban J connectivity index is -0.000000174. The van der Waals surface area contributed by atoms with Crippen LogP contribution in [0, 0.1) is 0 Å². The maximum Gasteiger partial charge on any atom is 0.00631 e. The van der Waals surface area contributed by atoms with Gasteiger partial charge in [0.15, 0.2) is 0 Å². The van der Waals surface area contributed by atoms with Gasteiger partial charge >= 0.3 is 0 Å². The molecule has 1 aliphatic heterocycles. The second kappa shape index (κ2) is 18.7. The number of nitrogens with two attached hydrogens (primary N) is 1. The van der Waals surface area contributed by atoms with Crippen molar-refractivity contribution >= 4 is 0 Å². The minimum absolute atomic E-state index is 0.478. The van der Waals surface area contributed by atoms with Gasteiger partial charge in [-0.05, 0) is 33.0 Å². The third-order valence-corrected chi connectivity index (χ3v) is 1.76. The molecule has 0 unspecified atom stereocenters. The first-order valence-electron chi connectivity index (χ1n) is 6.23. The molecule has 1 heterocycles. The first-order chi connectivity index (χ1) is 6.79. The smallest absolute Gasteiger partial charge is 0.00631 e. The molecule has 2 N–H and O–H groups in total. The van der Waals surface area contributed by atoms with Gasteiger partial charge < -0.3 is 10.6 Å². The minimum Gasteiger partial charge on any atom is -0.328 e. The average Bonchev–Trinajstić information content (AvgIpc) is 2.31. The SMILES string of the molecule is CC.CC.CC.CN1CCC(N)CC1. The number of piperidine rings is 1. The van der Waals surface area contributed by atoms with E-state index in [1.165, 1.54) is 25.9 Å². The molecule has 0 aliphatic carbocycles. The van der Waals surface area contributed by atoms with Gasteiger partial charge in [0.2, 0.25) is 0 Å². The third-order valence-electron chi connectivity index (χ3n) is 1.76. The summed E-state index contributed by atoms with van der Waals surface area (Å²) in [7, 11) is 2.14. The van der Waals surface area contributed by atoms with Crippen molar-refractivity contribution in [2.45, 2.75) is 60.4 Å². The van der Waals surface area contributed by atoms with Gasteiger partial charge in [-0.15, -0.1) is 0 Å². The lowest BCUT2D eigenvalue weighted by Gasteiger charge is -2.25. The van der Waals surface area contributed by atoms with E-state index in [0.29, 0.717) is 6.04 Å². The predicted molar refractivity (Wildman–Crippen MR) is 68.8 cm³/mol. The second-order valence-electron chi connectivity index (χ2n) is 2.64. The van der Waals surface area contributed by atoms with E-state index in [2.05, 4.69) is 11.9 Å². The molecule has 0 bridgehead atoms. The molecule has 0 aromatic rings. The number of hydrogen-bond donors (Lipinski definition) is 1. The van der Waals surface area contributed by atoms with Crippen molar-refractivity contribution in [3.8, 4) is 0 Å². The van der Waals surface area contributed by atoms with Gasteiger partial charge in [-0.2, -0.15) is 0 Å². The molecule has 14 heavy (non-hydrogen) atoms. The Morgan fingerprint density at radius 3 is 1.36 bits per heavy atom. The molecule has 1 fully saturated rings. The van der Waals surface area contributed by atoms with Crippen LogP contribution < -0.4 is 5.73 Å². The van der Waals surface area contributed by atoms with Crippen LogP contribution >= 0.6 is 0 Å². The summed E-state index contributed by atoms with van der Waals surface area (Å²) in [6.07, 6.45) is 2.35. The largest absolute Gasteiger partial charge is 0.328 e. The summed E-state index contributed by atoms with van der Waals surface area (Å²) in [5.41, 5.74) is 5.67. The fraction of sp³-hybridized carbons (Fsp3) is 1.00. The second-order valence-corrected chi connectivity index (χ2v) is 2.64. The van der Waals surface area contributed by atoms with Gasteiger partial charge in [0.25, 0.3) is 0 Å². The molecule has 1 saturated heterocycles. The van der Waals surface area contributed by atoms with E-state index < -0.39 is 0 Å². The molecule has 0 saturated carbocycles. The Labute approximate surface area is 91.9 Å². The van der Waals surface area contributed by atoms with E-state index in [4.69, 9.17) is 5.73 Å². The van der Waals surface area contributed by atoms with Crippen LogP contribution in [-0.4, -0.2) is 31.1 Å². The van der Waals surface area contributed by atoms with Crippen molar-refractivity contribution in [2.75, 3.05) is 20.1 Å². The van der Waals surface area contributed by atoms with Gasteiger partial charge in [0.05, 0.1) is 0 Å². The molecule has 0 aromatic heterocycles. The number of hydrogen-bond acceptors (Lipinski definition) is 2. The van der Waals surface area contributed by atoms with Crippen LogP contribution in [0.3, 0.4) is 0 Å². The van der Waals surface area contributed by atoms with E-state index in [1.807, 2.05) is 41.5 Å². The highest BCUT2D eigenvalue weighted by molar-refractivity contribution is 4.70.